The van der Waals surface area contributed by atoms with Crippen LogP contribution in [0.25, 0.3) is 10.9 Å². The number of hydrogen-bond donors (Lipinski definition) is 2. The first kappa shape index (κ1) is 21.5. The van der Waals surface area contributed by atoms with E-state index in [1.807, 2.05) is 11.1 Å². The van der Waals surface area contributed by atoms with E-state index < -0.39 is 0 Å². The average Bonchev–Trinajstić information content (AvgIpc) is 3.17. The number of H-pyrrole nitrogens is 1. The third-order valence-electron chi connectivity index (χ3n) is 6.27. The second-order valence-electron chi connectivity index (χ2n) is 8.51. The first-order chi connectivity index (χ1) is 15.0. The van der Waals surface area contributed by atoms with Crippen molar-refractivity contribution in [2.24, 2.45) is 5.92 Å². The predicted molar refractivity (Wildman–Crippen MR) is 119 cm³/mol. The molecule has 0 radical (unpaired) electrons. The number of nitrogens with one attached hydrogen (secondary N) is 2. The van der Waals surface area contributed by atoms with Gasteiger partial charge < -0.3 is 15.2 Å². The van der Waals surface area contributed by atoms with Crippen LogP contribution in [0.15, 0.2) is 42.6 Å². The Labute approximate surface area is 181 Å². The fourth-order valence-corrected chi connectivity index (χ4v) is 4.37. The normalized spacial score (nSPS) is 15.0. The molecule has 2 aromatic carbocycles. The highest BCUT2D eigenvalue weighted by Gasteiger charge is 2.23. The van der Waals surface area contributed by atoms with Crippen LogP contribution >= 0.6 is 0 Å². The first-order valence-electron chi connectivity index (χ1n) is 11.0. The standard InChI is InChI=1S/C25H29F2N3O/c1-17-13-19(4-6-23(17)27)25(31)30-11-8-18(9-12-30)15-28-10-2-3-20-16-29-24-7-5-21(26)14-22(20)24/h4-7,13-14,16,18,28-29H,2-3,8-12,15H2,1H3. The van der Waals surface area contributed by atoms with Gasteiger partial charge in [-0.3, -0.25) is 4.79 Å². The minimum atomic E-state index is -0.279. The number of nitrogens with zero attached hydrogens (tertiary/aromatic N) is 1. The number of likely N-dealkylation sites (tertiary alicyclic amines) is 1. The van der Waals surface area contributed by atoms with Crippen molar-refractivity contribution >= 4 is 16.8 Å². The summed E-state index contributed by atoms with van der Waals surface area (Å²) in [7, 11) is 0. The third-order valence-corrected chi connectivity index (χ3v) is 6.27. The maximum atomic E-state index is 13.5. The van der Waals surface area contributed by atoms with Crippen molar-refractivity contribution in [3.63, 3.8) is 0 Å². The number of halogens is 2. The van der Waals surface area contributed by atoms with Crippen LogP contribution in [-0.2, 0) is 6.42 Å². The molecular weight excluding hydrogens is 396 g/mol. The van der Waals surface area contributed by atoms with Crippen molar-refractivity contribution in [1.82, 2.24) is 15.2 Å². The molecule has 164 valence electrons. The molecule has 3 aromatic rings. The van der Waals surface area contributed by atoms with E-state index in [1.165, 1.54) is 12.1 Å². The molecular formula is C25H29F2N3O. The summed E-state index contributed by atoms with van der Waals surface area (Å²) >= 11 is 0. The van der Waals surface area contributed by atoms with Crippen molar-refractivity contribution in [3.05, 3.63) is 70.9 Å². The number of rotatable bonds is 7. The number of aryl methyl sites for hydroxylation is 2. The molecule has 1 fully saturated rings. The molecule has 1 aliphatic rings. The smallest absolute Gasteiger partial charge is 0.253 e. The van der Waals surface area contributed by atoms with Gasteiger partial charge in [-0.25, -0.2) is 8.78 Å². The molecule has 0 saturated carbocycles. The lowest BCUT2D eigenvalue weighted by Gasteiger charge is -2.32. The van der Waals surface area contributed by atoms with Gasteiger partial charge in [-0.15, -0.1) is 0 Å². The quantitative estimate of drug-likeness (QED) is 0.533. The lowest BCUT2D eigenvalue weighted by atomic mass is 9.96. The van der Waals surface area contributed by atoms with Crippen LogP contribution < -0.4 is 5.32 Å². The van der Waals surface area contributed by atoms with Gasteiger partial charge in [-0.2, -0.15) is 0 Å². The lowest BCUT2D eigenvalue weighted by molar-refractivity contribution is 0.0690. The number of benzene rings is 2. The second-order valence-corrected chi connectivity index (χ2v) is 8.51. The van der Waals surface area contributed by atoms with E-state index in [9.17, 15) is 13.6 Å². The number of carbonyl (C=O) groups excluding carboxylic acids is 1. The van der Waals surface area contributed by atoms with Crippen LogP contribution in [-0.4, -0.2) is 42.0 Å². The van der Waals surface area contributed by atoms with Gasteiger partial charge in [0.05, 0.1) is 0 Å². The zero-order chi connectivity index (χ0) is 21.8. The number of carbonyl (C=O) groups is 1. The number of piperidine rings is 1. The van der Waals surface area contributed by atoms with Crippen molar-refractivity contribution in [1.29, 1.82) is 0 Å². The van der Waals surface area contributed by atoms with E-state index in [0.717, 1.165) is 68.3 Å². The minimum absolute atomic E-state index is 0.00956. The molecule has 0 unspecified atom stereocenters. The molecule has 4 nitrogen and oxygen atoms in total. The van der Waals surface area contributed by atoms with Crippen LogP contribution in [0.1, 0.15) is 40.7 Å². The van der Waals surface area contributed by atoms with Gasteiger partial charge in [0.1, 0.15) is 11.6 Å². The molecule has 31 heavy (non-hydrogen) atoms. The highest BCUT2D eigenvalue weighted by atomic mass is 19.1. The predicted octanol–water partition coefficient (Wildman–Crippen LogP) is 4.83. The average molecular weight is 426 g/mol. The zero-order valence-corrected chi connectivity index (χ0v) is 17.9. The molecule has 0 spiro atoms. The Morgan fingerprint density at radius 3 is 2.74 bits per heavy atom. The fourth-order valence-electron chi connectivity index (χ4n) is 4.37. The van der Waals surface area contributed by atoms with E-state index in [1.54, 1.807) is 31.2 Å². The summed E-state index contributed by atoms with van der Waals surface area (Å²) in [5.41, 5.74) is 3.19. The van der Waals surface area contributed by atoms with Crippen molar-refractivity contribution in [3.8, 4) is 0 Å². The molecule has 1 aliphatic heterocycles. The van der Waals surface area contributed by atoms with Crippen LogP contribution in [0, 0.1) is 24.5 Å². The SMILES string of the molecule is Cc1cc(C(=O)N2CCC(CNCCCc3c[nH]c4ccc(F)cc34)CC2)ccc1F. The first-order valence-corrected chi connectivity index (χ1v) is 11.0. The summed E-state index contributed by atoms with van der Waals surface area (Å²) in [5.74, 6) is 0.0647. The topological polar surface area (TPSA) is 48.1 Å². The van der Waals surface area contributed by atoms with E-state index in [2.05, 4.69) is 10.3 Å². The van der Waals surface area contributed by atoms with E-state index >= 15 is 0 Å². The van der Waals surface area contributed by atoms with Crippen LogP contribution in [0.5, 0.6) is 0 Å². The molecule has 1 amide bonds. The number of aromatic amines is 1. The second kappa shape index (κ2) is 9.60. The van der Waals surface area contributed by atoms with Gasteiger partial charge in [0, 0.05) is 35.8 Å². The zero-order valence-electron chi connectivity index (χ0n) is 17.9. The number of fused-ring (bicyclic) bond motifs is 1. The lowest BCUT2D eigenvalue weighted by Crippen LogP contribution is -2.41. The largest absolute Gasteiger partial charge is 0.361 e. The Hall–Kier alpha value is -2.73. The van der Waals surface area contributed by atoms with E-state index in [4.69, 9.17) is 0 Å². The van der Waals surface area contributed by atoms with Gasteiger partial charge in [-0.1, -0.05) is 0 Å². The van der Waals surface area contributed by atoms with E-state index in [-0.39, 0.29) is 17.5 Å². The van der Waals surface area contributed by atoms with Gasteiger partial charge in [-0.05, 0) is 99.1 Å². The summed E-state index contributed by atoms with van der Waals surface area (Å²) in [6, 6.07) is 9.42. The molecule has 0 atom stereocenters. The summed E-state index contributed by atoms with van der Waals surface area (Å²) in [6.45, 7) is 5.02. The highest BCUT2D eigenvalue weighted by Crippen LogP contribution is 2.21. The Morgan fingerprint density at radius 2 is 1.97 bits per heavy atom. The molecule has 0 bridgehead atoms. The maximum Gasteiger partial charge on any atom is 0.253 e. The van der Waals surface area contributed by atoms with Gasteiger partial charge in [0.25, 0.3) is 5.91 Å². The summed E-state index contributed by atoms with van der Waals surface area (Å²) < 4.78 is 26.9. The minimum Gasteiger partial charge on any atom is -0.361 e. The summed E-state index contributed by atoms with van der Waals surface area (Å²) in [4.78, 5) is 17.7. The number of aromatic nitrogens is 1. The summed E-state index contributed by atoms with van der Waals surface area (Å²) in [6.07, 6.45) is 5.81. The van der Waals surface area contributed by atoms with Crippen LogP contribution in [0.3, 0.4) is 0 Å². The molecule has 1 saturated heterocycles. The maximum absolute atomic E-state index is 13.5. The number of hydrogen-bond acceptors (Lipinski definition) is 2. The van der Waals surface area contributed by atoms with Gasteiger partial charge >= 0.3 is 0 Å². The highest BCUT2D eigenvalue weighted by molar-refractivity contribution is 5.94. The van der Waals surface area contributed by atoms with Gasteiger partial charge in [0.2, 0.25) is 0 Å². The Kier molecular flexibility index (Phi) is 6.66. The molecule has 4 rings (SSSR count). The third kappa shape index (κ3) is 5.13. The van der Waals surface area contributed by atoms with Crippen molar-refractivity contribution in [2.45, 2.75) is 32.6 Å². The Morgan fingerprint density at radius 1 is 1.16 bits per heavy atom. The van der Waals surface area contributed by atoms with Crippen LogP contribution in [0.4, 0.5) is 8.78 Å². The van der Waals surface area contributed by atoms with Crippen LogP contribution in [0.2, 0.25) is 0 Å². The van der Waals surface area contributed by atoms with Crippen molar-refractivity contribution < 1.29 is 13.6 Å². The summed E-state index contributed by atoms with van der Waals surface area (Å²) in [5, 5.41) is 4.50. The molecule has 2 heterocycles. The molecule has 0 aliphatic carbocycles. The molecule has 1 aromatic heterocycles. The van der Waals surface area contributed by atoms with E-state index in [0.29, 0.717) is 17.0 Å². The monoisotopic (exact) mass is 425 g/mol. The molecule has 2 N–H and O–H groups in total. The fraction of sp³-hybridized carbons (Fsp3) is 0.400. The number of amides is 1. The molecule has 6 heteroatoms. The van der Waals surface area contributed by atoms with Crippen molar-refractivity contribution in [2.75, 3.05) is 26.2 Å². The Balaban J connectivity index is 1.17. The van der Waals surface area contributed by atoms with Gasteiger partial charge in [0.15, 0.2) is 0 Å². The Bertz CT molecular complexity index is 1050.